The quantitative estimate of drug-likeness (QED) is 0.699. The first-order valence-corrected chi connectivity index (χ1v) is 8.11. The van der Waals surface area contributed by atoms with Crippen molar-refractivity contribution in [2.45, 2.75) is 13.0 Å². The highest BCUT2D eigenvalue weighted by Gasteiger charge is 2.32. The fraction of sp³-hybridized carbons (Fsp3) is 0.353. The molecule has 8 heteroatoms. The molecule has 0 saturated carbocycles. The van der Waals surface area contributed by atoms with Crippen LogP contribution < -0.4 is 0 Å². The highest BCUT2D eigenvalue weighted by atomic mass is 16.5. The van der Waals surface area contributed by atoms with Crippen LogP contribution in [-0.2, 0) is 0 Å². The number of carbonyl (C=O) groups excluding carboxylic acids is 1. The van der Waals surface area contributed by atoms with Gasteiger partial charge < -0.3 is 9.42 Å². The molecule has 25 heavy (non-hydrogen) atoms. The summed E-state index contributed by atoms with van der Waals surface area (Å²) in [4.78, 5) is 29.5. The molecular weight excluding hydrogens is 320 g/mol. The van der Waals surface area contributed by atoms with Crippen molar-refractivity contribution < 1.29 is 9.32 Å². The number of hydrogen-bond acceptors (Lipinski definition) is 7. The van der Waals surface area contributed by atoms with Gasteiger partial charge in [-0.1, -0.05) is 5.16 Å². The molecule has 1 amide bonds. The summed E-state index contributed by atoms with van der Waals surface area (Å²) in [6.45, 7) is 3.68. The van der Waals surface area contributed by atoms with Gasteiger partial charge in [-0.15, -0.1) is 0 Å². The van der Waals surface area contributed by atoms with E-state index < -0.39 is 0 Å². The van der Waals surface area contributed by atoms with Crippen molar-refractivity contribution in [3.8, 4) is 0 Å². The van der Waals surface area contributed by atoms with Crippen LogP contribution in [-0.4, -0.2) is 62.5 Å². The van der Waals surface area contributed by atoms with Crippen LogP contribution in [0.5, 0.6) is 0 Å². The van der Waals surface area contributed by atoms with E-state index in [9.17, 15) is 4.79 Å². The molecule has 0 bridgehead atoms. The van der Waals surface area contributed by atoms with Crippen LogP contribution >= 0.6 is 0 Å². The molecule has 1 atom stereocenters. The zero-order chi connectivity index (χ0) is 17.4. The number of piperazine rings is 1. The Morgan fingerprint density at radius 1 is 1.32 bits per heavy atom. The number of rotatable bonds is 2. The molecule has 1 saturated heterocycles. The van der Waals surface area contributed by atoms with Gasteiger partial charge in [-0.25, -0.2) is 0 Å². The third kappa shape index (κ3) is 2.96. The zero-order valence-electron chi connectivity index (χ0n) is 14.1. The highest BCUT2D eigenvalue weighted by Crippen LogP contribution is 2.24. The van der Waals surface area contributed by atoms with E-state index in [-0.39, 0.29) is 11.9 Å². The summed E-state index contributed by atoms with van der Waals surface area (Å²) in [5, 5.41) is 4.76. The summed E-state index contributed by atoms with van der Waals surface area (Å²) in [5.41, 5.74) is 1.35. The lowest BCUT2D eigenvalue weighted by Gasteiger charge is -2.37. The van der Waals surface area contributed by atoms with Crippen molar-refractivity contribution in [3.05, 3.63) is 48.0 Å². The third-order valence-electron chi connectivity index (χ3n) is 4.50. The molecule has 1 aliphatic heterocycles. The van der Waals surface area contributed by atoms with Gasteiger partial charge in [0.2, 0.25) is 5.89 Å². The summed E-state index contributed by atoms with van der Waals surface area (Å²) in [6.07, 6.45) is 4.99. The maximum absolute atomic E-state index is 12.9. The zero-order valence-corrected chi connectivity index (χ0v) is 14.1. The van der Waals surface area contributed by atoms with Crippen molar-refractivity contribution in [3.63, 3.8) is 0 Å². The number of hydrogen-bond donors (Lipinski definition) is 0. The molecule has 3 aromatic heterocycles. The minimum Gasteiger partial charge on any atom is -0.338 e. The molecule has 0 spiro atoms. The molecule has 0 aromatic carbocycles. The van der Waals surface area contributed by atoms with E-state index in [1.54, 1.807) is 25.5 Å². The average molecular weight is 338 g/mol. The van der Waals surface area contributed by atoms with Gasteiger partial charge in [0.05, 0.1) is 17.3 Å². The summed E-state index contributed by atoms with van der Waals surface area (Å²) < 4.78 is 5.31. The second-order valence-electron chi connectivity index (χ2n) is 6.22. The lowest BCUT2D eigenvalue weighted by molar-refractivity contribution is 0.0489. The van der Waals surface area contributed by atoms with Crippen LogP contribution in [0, 0.1) is 6.92 Å². The largest absolute Gasteiger partial charge is 0.338 e. The van der Waals surface area contributed by atoms with Gasteiger partial charge in [-0.05, 0) is 26.1 Å². The number of aromatic nitrogens is 4. The van der Waals surface area contributed by atoms with E-state index in [4.69, 9.17) is 4.52 Å². The van der Waals surface area contributed by atoms with Crippen LogP contribution in [0.4, 0.5) is 0 Å². The van der Waals surface area contributed by atoms with Gasteiger partial charge in [0.25, 0.3) is 5.91 Å². The molecule has 0 N–H and O–H groups in total. The molecule has 3 aromatic rings. The molecule has 0 aliphatic carbocycles. The molecule has 8 nitrogen and oxygen atoms in total. The van der Waals surface area contributed by atoms with Crippen LogP contribution in [0.15, 0.2) is 35.2 Å². The Hall–Kier alpha value is -2.87. The predicted molar refractivity (Wildman–Crippen MR) is 89.8 cm³/mol. The molecule has 0 radical (unpaired) electrons. The van der Waals surface area contributed by atoms with Gasteiger partial charge in [0.1, 0.15) is 6.04 Å². The van der Waals surface area contributed by atoms with Gasteiger partial charge >= 0.3 is 0 Å². The number of amides is 1. The first kappa shape index (κ1) is 15.6. The number of nitrogens with zero attached hydrogens (tertiary/aromatic N) is 6. The normalized spacial score (nSPS) is 18.6. The molecule has 4 rings (SSSR count). The predicted octanol–water partition coefficient (Wildman–Crippen LogP) is 1.45. The van der Waals surface area contributed by atoms with Crippen LogP contribution in [0.3, 0.4) is 0 Å². The van der Waals surface area contributed by atoms with Crippen molar-refractivity contribution in [1.82, 2.24) is 29.9 Å². The SMILES string of the molecule is Cc1noc(C2CN(C(=O)c3cnc4cnccc4c3)CCN2C)n1. The van der Waals surface area contributed by atoms with E-state index in [2.05, 4.69) is 25.0 Å². The van der Waals surface area contributed by atoms with E-state index in [1.165, 1.54) is 0 Å². The van der Waals surface area contributed by atoms with E-state index in [0.717, 1.165) is 17.4 Å². The molecule has 128 valence electrons. The molecular formula is C17H18N6O2. The fourth-order valence-electron chi connectivity index (χ4n) is 3.04. The minimum absolute atomic E-state index is 0.0412. The number of fused-ring (bicyclic) bond motifs is 1. The van der Waals surface area contributed by atoms with Crippen molar-refractivity contribution >= 4 is 16.8 Å². The summed E-state index contributed by atoms with van der Waals surface area (Å²) in [5.74, 6) is 1.10. The lowest BCUT2D eigenvalue weighted by Crippen LogP contribution is -2.49. The lowest BCUT2D eigenvalue weighted by atomic mass is 10.1. The monoisotopic (exact) mass is 338 g/mol. The minimum atomic E-state index is -0.100. The van der Waals surface area contributed by atoms with Crippen LogP contribution in [0.2, 0.25) is 0 Å². The Kier molecular flexibility index (Phi) is 3.89. The standard InChI is InChI=1S/C17H18N6O2/c1-11-20-16(25-21-11)15-10-23(6-5-22(15)2)17(24)13-7-12-3-4-18-9-14(12)19-8-13/h3-4,7-9,15H,5-6,10H2,1-2H3. The first-order valence-electron chi connectivity index (χ1n) is 8.11. The van der Waals surface area contributed by atoms with Gasteiger partial charge in [-0.3, -0.25) is 19.7 Å². The van der Waals surface area contributed by atoms with Gasteiger partial charge in [0, 0.05) is 37.4 Å². The Morgan fingerprint density at radius 3 is 3.00 bits per heavy atom. The Morgan fingerprint density at radius 2 is 2.20 bits per heavy atom. The molecule has 1 unspecified atom stereocenters. The smallest absolute Gasteiger partial charge is 0.255 e. The Balaban J connectivity index is 1.58. The van der Waals surface area contributed by atoms with E-state index in [0.29, 0.717) is 30.4 Å². The van der Waals surface area contributed by atoms with Crippen LogP contribution in [0.1, 0.15) is 28.1 Å². The highest BCUT2D eigenvalue weighted by molar-refractivity contribution is 5.97. The summed E-state index contributed by atoms with van der Waals surface area (Å²) >= 11 is 0. The second-order valence-corrected chi connectivity index (χ2v) is 6.22. The molecule has 1 aliphatic rings. The third-order valence-corrected chi connectivity index (χ3v) is 4.50. The van der Waals surface area contributed by atoms with E-state index >= 15 is 0 Å². The van der Waals surface area contributed by atoms with Gasteiger partial charge in [0.15, 0.2) is 5.82 Å². The maximum Gasteiger partial charge on any atom is 0.255 e. The fourth-order valence-corrected chi connectivity index (χ4v) is 3.04. The number of aryl methyl sites for hydroxylation is 1. The van der Waals surface area contributed by atoms with Crippen molar-refractivity contribution in [2.24, 2.45) is 0 Å². The van der Waals surface area contributed by atoms with E-state index in [1.807, 2.05) is 24.1 Å². The van der Waals surface area contributed by atoms with Crippen molar-refractivity contribution in [1.29, 1.82) is 0 Å². The van der Waals surface area contributed by atoms with Gasteiger partial charge in [-0.2, -0.15) is 4.98 Å². The molecule has 1 fully saturated rings. The topological polar surface area (TPSA) is 88.2 Å². The summed E-state index contributed by atoms with van der Waals surface area (Å²) in [7, 11) is 2.00. The Labute approximate surface area is 144 Å². The summed E-state index contributed by atoms with van der Waals surface area (Å²) in [6, 6.07) is 3.61. The van der Waals surface area contributed by atoms with Crippen molar-refractivity contribution in [2.75, 3.05) is 26.7 Å². The number of pyridine rings is 2. The second kappa shape index (κ2) is 6.21. The maximum atomic E-state index is 12.9. The first-order chi connectivity index (χ1) is 12.1. The Bertz CT molecular complexity index is 924. The average Bonchev–Trinajstić information content (AvgIpc) is 3.07. The number of likely N-dealkylation sites (N-methyl/N-ethyl adjacent to an activating group) is 1. The molecule has 4 heterocycles. The number of carbonyl (C=O) groups is 1. The van der Waals surface area contributed by atoms with Crippen LogP contribution in [0.25, 0.3) is 10.9 Å².